The zero-order valence-corrected chi connectivity index (χ0v) is 14.2. The monoisotopic (exact) mass is 319 g/mol. The van der Waals surface area contributed by atoms with Crippen LogP contribution in [0.15, 0.2) is 30.3 Å². The summed E-state index contributed by atoms with van der Waals surface area (Å²) >= 11 is 0. The molecular formula is C18H25NO4. The highest BCUT2D eigenvalue weighted by molar-refractivity contribution is 5.95. The predicted octanol–water partition coefficient (Wildman–Crippen LogP) is 2.87. The smallest absolute Gasteiger partial charge is 0.408 e. The fourth-order valence-electron chi connectivity index (χ4n) is 2.29. The van der Waals surface area contributed by atoms with E-state index in [4.69, 9.17) is 9.47 Å². The van der Waals surface area contributed by atoms with Crippen LogP contribution < -0.4 is 5.32 Å². The summed E-state index contributed by atoms with van der Waals surface area (Å²) in [5, 5.41) is 2.70. The molecule has 1 heterocycles. The van der Waals surface area contributed by atoms with Crippen molar-refractivity contribution in [3.05, 3.63) is 35.9 Å². The van der Waals surface area contributed by atoms with Gasteiger partial charge in [-0.05, 0) is 46.1 Å². The van der Waals surface area contributed by atoms with Gasteiger partial charge in [0.05, 0.1) is 12.6 Å². The first-order valence-corrected chi connectivity index (χ1v) is 7.91. The van der Waals surface area contributed by atoms with Crippen molar-refractivity contribution in [2.45, 2.75) is 57.8 Å². The Hall–Kier alpha value is -1.88. The third kappa shape index (κ3) is 5.36. The van der Waals surface area contributed by atoms with Crippen LogP contribution in [0.2, 0.25) is 0 Å². The summed E-state index contributed by atoms with van der Waals surface area (Å²) in [6, 6.07) is 9.26. The Kier molecular flexibility index (Phi) is 5.09. The molecule has 2 atom stereocenters. The molecule has 0 radical (unpaired) electrons. The predicted molar refractivity (Wildman–Crippen MR) is 87.3 cm³/mol. The van der Waals surface area contributed by atoms with Crippen LogP contribution in [-0.4, -0.2) is 35.7 Å². The number of carbonyl (C=O) groups is 2. The van der Waals surface area contributed by atoms with Crippen molar-refractivity contribution < 1.29 is 19.1 Å². The average Bonchev–Trinajstić information content (AvgIpc) is 3.21. The highest BCUT2D eigenvalue weighted by Gasteiger charge is 2.50. The van der Waals surface area contributed by atoms with Gasteiger partial charge < -0.3 is 14.8 Å². The zero-order valence-electron chi connectivity index (χ0n) is 14.2. The minimum atomic E-state index is -0.767. The van der Waals surface area contributed by atoms with Gasteiger partial charge in [-0.15, -0.1) is 0 Å². The number of benzene rings is 1. The normalized spacial score (nSPS) is 21.4. The lowest BCUT2D eigenvalue weighted by atomic mass is 9.95. The van der Waals surface area contributed by atoms with Gasteiger partial charge in [0.1, 0.15) is 11.2 Å². The molecule has 1 aromatic carbocycles. The lowest BCUT2D eigenvalue weighted by Gasteiger charge is -2.24. The van der Waals surface area contributed by atoms with Crippen molar-refractivity contribution in [1.82, 2.24) is 5.32 Å². The Morgan fingerprint density at radius 1 is 1.30 bits per heavy atom. The minimum absolute atomic E-state index is 0.0979. The fraction of sp³-hybridized carbons (Fsp3) is 0.556. The zero-order chi connectivity index (χ0) is 17.1. The maximum absolute atomic E-state index is 12.6. The van der Waals surface area contributed by atoms with E-state index < -0.39 is 23.3 Å². The summed E-state index contributed by atoms with van der Waals surface area (Å²) in [6.07, 6.45) is 0.637. The summed E-state index contributed by atoms with van der Waals surface area (Å²) in [6.45, 7) is 7.53. The molecule has 1 aliphatic heterocycles. The van der Waals surface area contributed by atoms with E-state index in [1.54, 1.807) is 27.7 Å². The number of amides is 1. The fourth-order valence-corrected chi connectivity index (χ4v) is 2.29. The van der Waals surface area contributed by atoms with E-state index >= 15 is 0 Å². The van der Waals surface area contributed by atoms with Gasteiger partial charge in [0, 0.05) is 0 Å². The molecule has 126 valence electrons. The Morgan fingerprint density at radius 3 is 2.43 bits per heavy atom. The molecule has 2 rings (SSSR count). The van der Waals surface area contributed by atoms with Gasteiger partial charge in [0.15, 0.2) is 5.78 Å². The van der Waals surface area contributed by atoms with Crippen LogP contribution in [0.3, 0.4) is 0 Å². The third-order valence-corrected chi connectivity index (χ3v) is 3.67. The van der Waals surface area contributed by atoms with Crippen molar-refractivity contribution in [1.29, 1.82) is 0 Å². The molecule has 0 aliphatic carbocycles. The Balaban J connectivity index is 2.00. The number of hydrogen-bond acceptors (Lipinski definition) is 4. The molecule has 23 heavy (non-hydrogen) atoms. The quantitative estimate of drug-likeness (QED) is 0.819. The molecule has 0 saturated carbocycles. The minimum Gasteiger partial charge on any atom is -0.444 e. The molecule has 1 amide bonds. The van der Waals surface area contributed by atoms with E-state index in [1.165, 1.54) is 0 Å². The standard InChI is InChI=1S/C18H25NO4/c1-17(2,3)23-16(21)19-14(15(20)18(4)12-22-18)11-10-13-8-6-5-7-9-13/h5-9,14H,10-12H2,1-4H3,(H,19,21). The van der Waals surface area contributed by atoms with Crippen molar-refractivity contribution >= 4 is 11.9 Å². The molecule has 1 saturated heterocycles. The van der Waals surface area contributed by atoms with Crippen molar-refractivity contribution in [3.63, 3.8) is 0 Å². The molecule has 1 aromatic rings. The molecular weight excluding hydrogens is 294 g/mol. The van der Waals surface area contributed by atoms with Crippen molar-refractivity contribution in [3.8, 4) is 0 Å². The van der Waals surface area contributed by atoms with Gasteiger partial charge in [-0.1, -0.05) is 30.3 Å². The molecule has 5 nitrogen and oxygen atoms in total. The Bertz CT molecular complexity index is 558. The number of carbonyl (C=O) groups excluding carboxylic acids is 2. The Morgan fingerprint density at radius 2 is 1.91 bits per heavy atom. The van der Waals surface area contributed by atoms with E-state index in [1.807, 2.05) is 30.3 Å². The van der Waals surface area contributed by atoms with Gasteiger partial charge in [-0.3, -0.25) is 4.79 Å². The van der Waals surface area contributed by atoms with Gasteiger partial charge in [0.2, 0.25) is 0 Å². The van der Waals surface area contributed by atoms with Gasteiger partial charge >= 0.3 is 6.09 Å². The second-order valence-corrected chi connectivity index (χ2v) is 7.11. The average molecular weight is 319 g/mol. The van der Waals surface area contributed by atoms with Crippen LogP contribution >= 0.6 is 0 Å². The van der Waals surface area contributed by atoms with Gasteiger partial charge in [0.25, 0.3) is 0 Å². The number of alkyl carbamates (subject to hydrolysis) is 1. The summed E-state index contributed by atoms with van der Waals surface area (Å²) < 4.78 is 10.5. The highest BCUT2D eigenvalue weighted by Crippen LogP contribution is 2.29. The van der Waals surface area contributed by atoms with Crippen LogP contribution in [0.25, 0.3) is 0 Å². The van der Waals surface area contributed by atoms with Crippen LogP contribution in [0.5, 0.6) is 0 Å². The maximum atomic E-state index is 12.6. The summed E-state index contributed by atoms with van der Waals surface area (Å²) in [5.74, 6) is -0.0979. The second kappa shape index (κ2) is 6.71. The van der Waals surface area contributed by atoms with E-state index in [0.717, 1.165) is 5.56 Å². The molecule has 0 spiro atoms. The van der Waals surface area contributed by atoms with Crippen molar-refractivity contribution in [2.24, 2.45) is 0 Å². The second-order valence-electron chi connectivity index (χ2n) is 7.11. The molecule has 1 fully saturated rings. The van der Waals surface area contributed by atoms with Crippen LogP contribution in [-0.2, 0) is 20.7 Å². The summed E-state index contributed by atoms with van der Waals surface area (Å²) in [4.78, 5) is 24.6. The van der Waals surface area contributed by atoms with E-state index in [-0.39, 0.29) is 5.78 Å². The lowest BCUT2D eigenvalue weighted by Crippen LogP contribution is -2.47. The molecule has 0 bridgehead atoms. The number of hydrogen-bond donors (Lipinski definition) is 1. The van der Waals surface area contributed by atoms with Gasteiger partial charge in [-0.2, -0.15) is 0 Å². The van der Waals surface area contributed by atoms with Crippen LogP contribution in [0.1, 0.15) is 39.7 Å². The highest BCUT2D eigenvalue weighted by atomic mass is 16.6. The van der Waals surface area contributed by atoms with Crippen LogP contribution in [0, 0.1) is 0 Å². The topological polar surface area (TPSA) is 67.9 Å². The number of ketones is 1. The van der Waals surface area contributed by atoms with E-state index in [0.29, 0.717) is 19.4 Å². The summed E-state index contributed by atoms with van der Waals surface area (Å²) in [5.41, 5.74) is -0.244. The summed E-state index contributed by atoms with van der Waals surface area (Å²) in [7, 11) is 0. The first kappa shape index (κ1) is 17.5. The first-order valence-electron chi connectivity index (χ1n) is 7.91. The molecule has 2 unspecified atom stereocenters. The first-order chi connectivity index (χ1) is 10.7. The van der Waals surface area contributed by atoms with Crippen LogP contribution in [0.4, 0.5) is 4.79 Å². The molecule has 1 aliphatic rings. The Labute approximate surface area is 137 Å². The third-order valence-electron chi connectivity index (χ3n) is 3.67. The number of rotatable bonds is 6. The maximum Gasteiger partial charge on any atom is 0.408 e. The van der Waals surface area contributed by atoms with E-state index in [2.05, 4.69) is 5.32 Å². The SMILES string of the molecule is CC(C)(C)OC(=O)NC(CCc1ccccc1)C(=O)C1(C)CO1. The molecule has 5 heteroatoms. The molecule has 0 aromatic heterocycles. The number of nitrogens with one attached hydrogen (secondary N) is 1. The largest absolute Gasteiger partial charge is 0.444 e. The number of ether oxygens (including phenoxy) is 2. The van der Waals surface area contributed by atoms with E-state index in [9.17, 15) is 9.59 Å². The van der Waals surface area contributed by atoms with Crippen molar-refractivity contribution in [2.75, 3.05) is 6.61 Å². The lowest BCUT2D eigenvalue weighted by molar-refractivity contribution is -0.125. The number of aryl methyl sites for hydroxylation is 1. The number of epoxide rings is 1. The van der Waals surface area contributed by atoms with Gasteiger partial charge in [-0.25, -0.2) is 4.79 Å². The number of Topliss-reactive ketones (excluding diaryl/α,β-unsaturated/α-hetero) is 1. The molecule has 1 N–H and O–H groups in total.